The highest BCUT2D eigenvalue weighted by Gasteiger charge is 2.61. The van der Waals surface area contributed by atoms with Crippen LogP contribution in [0.3, 0.4) is 0 Å². The number of rotatable bonds is 4. The Morgan fingerprint density at radius 3 is 2.38 bits per heavy atom. The van der Waals surface area contributed by atoms with Crippen molar-refractivity contribution < 1.29 is 34.4 Å². The van der Waals surface area contributed by atoms with Gasteiger partial charge in [-0.15, -0.1) is 6.42 Å². The zero-order valence-corrected chi connectivity index (χ0v) is 43.4. The number of halogens is 1. The minimum atomic E-state index is -1.86. The van der Waals surface area contributed by atoms with Crippen molar-refractivity contribution in [3.05, 3.63) is 121 Å². The van der Waals surface area contributed by atoms with Crippen LogP contribution in [0.1, 0.15) is 131 Å². The second kappa shape index (κ2) is 20.1. The van der Waals surface area contributed by atoms with Crippen LogP contribution in [0.25, 0.3) is 22.3 Å². The zero-order valence-electron chi connectivity index (χ0n) is 41.8. The van der Waals surface area contributed by atoms with Crippen molar-refractivity contribution in [2.24, 2.45) is 17.3 Å². The number of terminal acetylenes is 1. The number of fused-ring (bicyclic) bond motifs is 10. The van der Waals surface area contributed by atoms with Crippen molar-refractivity contribution in [1.82, 2.24) is 19.4 Å². The Kier molecular flexibility index (Phi) is 13.9. The van der Waals surface area contributed by atoms with Crippen LogP contribution in [0.15, 0.2) is 82.1 Å². The molecular weight excluding hydrogens is 973 g/mol. The third-order valence-corrected chi connectivity index (χ3v) is 18.3. The average molecular weight is 1040 g/mol. The number of likely N-dealkylation sites (tertiary alicyclic amines) is 2. The summed E-state index contributed by atoms with van der Waals surface area (Å²) in [5.74, 6) is 4.55. The monoisotopic (exact) mass is 1040 g/mol. The fourth-order valence-corrected chi connectivity index (χ4v) is 14.0. The van der Waals surface area contributed by atoms with Crippen LogP contribution < -0.4 is 10.3 Å². The lowest BCUT2D eigenvalue weighted by molar-refractivity contribution is -0.172. The number of carbonyl (C=O) groups is 2. The summed E-state index contributed by atoms with van der Waals surface area (Å²) in [5.41, 5.74) is 4.08. The van der Waals surface area contributed by atoms with Gasteiger partial charge in [-0.2, -0.15) is 0 Å². The maximum absolute atomic E-state index is 13.6. The number of amides is 1. The summed E-state index contributed by atoms with van der Waals surface area (Å²) in [5, 5.41) is 32.7. The Morgan fingerprint density at radius 2 is 1.68 bits per heavy atom. The van der Waals surface area contributed by atoms with Crippen LogP contribution in [-0.2, 0) is 41.1 Å². The molecule has 12 rings (SSSR count). The van der Waals surface area contributed by atoms with Gasteiger partial charge in [0.25, 0.3) is 5.56 Å². The molecule has 3 aromatic carbocycles. The molecule has 3 N–H and O–H groups in total. The average Bonchev–Trinajstić information content (AvgIpc) is 3.91. The van der Waals surface area contributed by atoms with Gasteiger partial charge in [-0.05, 0) is 173 Å². The first-order chi connectivity index (χ1) is 34.7. The molecule has 0 radical (unpaired) electrons. The minimum absolute atomic E-state index is 0.0951. The number of hydrogen-bond donors (Lipinski definition) is 3. The number of aryl methyl sites for hydroxylation is 2. The van der Waals surface area contributed by atoms with Gasteiger partial charge in [-0.1, -0.05) is 73.3 Å². The molecule has 4 aliphatic heterocycles. The van der Waals surface area contributed by atoms with Gasteiger partial charge in [0.05, 0.1) is 29.0 Å². The van der Waals surface area contributed by atoms with Crippen LogP contribution in [-0.4, -0.2) is 84.6 Å². The number of nitrogens with zero attached hydrogens (tertiary/aromatic N) is 4. The lowest BCUT2D eigenvalue weighted by Gasteiger charge is -2.52. The number of piperidine rings is 2. The van der Waals surface area contributed by atoms with Crippen molar-refractivity contribution in [2.45, 2.75) is 141 Å². The highest BCUT2D eigenvalue weighted by molar-refractivity contribution is 9.10. The van der Waals surface area contributed by atoms with Crippen LogP contribution in [0.4, 0.5) is 4.79 Å². The van der Waals surface area contributed by atoms with E-state index in [-0.39, 0.29) is 30.1 Å². The molecule has 5 aromatic rings. The van der Waals surface area contributed by atoms with E-state index in [2.05, 4.69) is 46.7 Å². The summed E-state index contributed by atoms with van der Waals surface area (Å²) in [6.07, 6.45) is 18.0. The fourth-order valence-electron chi connectivity index (χ4n) is 13.7. The van der Waals surface area contributed by atoms with Crippen LogP contribution in [0.2, 0.25) is 0 Å². The molecule has 1 amide bonds. The van der Waals surface area contributed by atoms with Crippen molar-refractivity contribution >= 4 is 38.9 Å². The van der Waals surface area contributed by atoms with E-state index in [1.807, 2.05) is 59.5 Å². The number of pyridine rings is 2. The van der Waals surface area contributed by atoms with Crippen LogP contribution in [0, 0.1) is 29.6 Å². The molecule has 2 aromatic heterocycles. The molecule has 3 aliphatic carbocycles. The summed E-state index contributed by atoms with van der Waals surface area (Å²) in [6.45, 7) is 9.86. The van der Waals surface area contributed by atoms with Crippen molar-refractivity contribution in [3.63, 3.8) is 0 Å². The van der Waals surface area contributed by atoms with Crippen LogP contribution >= 0.6 is 15.9 Å². The molecule has 378 valence electrons. The molecule has 7 aliphatic rings. The number of ether oxygens (including phenoxy) is 2. The molecule has 2 saturated heterocycles. The lowest BCUT2D eigenvalue weighted by atomic mass is 9.53. The molecule has 2 saturated carbocycles. The molecule has 0 bridgehead atoms. The van der Waals surface area contributed by atoms with Gasteiger partial charge in [0.1, 0.15) is 23.7 Å². The Bertz CT molecular complexity index is 2990. The third kappa shape index (κ3) is 8.84. The van der Waals surface area contributed by atoms with E-state index in [0.717, 1.165) is 77.9 Å². The van der Waals surface area contributed by atoms with E-state index in [0.29, 0.717) is 83.9 Å². The summed E-state index contributed by atoms with van der Waals surface area (Å²) < 4.78 is 13.9. The molecule has 4 fully saturated rings. The quantitative estimate of drug-likeness (QED) is 0.115. The number of aliphatic hydroxyl groups is 2. The molecule has 0 spiro atoms. The number of esters is 1. The topological polar surface area (TPSA) is 155 Å². The number of carbonyl (C=O) groups excluding carboxylic acids is 2. The Balaban J connectivity index is 0.000000169. The molecule has 6 atom stereocenters. The summed E-state index contributed by atoms with van der Waals surface area (Å²) in [6, 6.07) is 23.6. The molecule has 72 heavy (non-hydrogen) atoms. The Morgan fingerprint density at radius 1 is 0.917 bits per heavy atom. The minimum Gasteiger partial charge on any atom is -0.508 e. The van der Waals surface area contributed by atoms with E-state index in [9.17, 15) is 29.7 Å². The second-order valence-corrected chi connectivity index (χ2v) is 22.2. The first kappa shape index (κ1) is 50.0. The number of benzene rings is 3. The predicted molar refractivity (Wildman–Crippen MR) is 281 cm³/mol. The van der Waals surface area contributed by atoms with Crippen molar-refractivity contribution in [3.8, 4) is 35.2 Å². The number of phenols is 1. The molecule has 6 heterocycles. The Hall–Kier alpha value is -5.52. The normalized spacial score (nSPS) is 27.2. The van der Waals surface area contributed by atoms with Gasteiger partial charge in [0.2, 0.25) is 0 Å². The maximum atomic E-state index is 13.6. The second-order valence-electron chi connectivity index (χ2n) is 21.3. The first-order valence-electron chi connectivity index (χ1n) is 26.3. The van der Waals surface area contributed by atoms with Gasteiger partial charge >= 0.3 is 12.1 Å². The van der Waals surface area contributed by atoms with E-state index in [1.54, 1.807) is 23.6 Å². The SMILES string of the molecule is Brc1ccccc1.C#C[C@]1(O)CC[C@H]2[C@@H]3CCc4cc(O)ccc4[C@H]3CC[C@@]21C.CCc1c2c(nc3ccc(OC(=O)N4CCC(N5CCCCC5)CC4)cc13)-c1cc3c(c(=O)n1C2)COC(=O)[C@]3(O)CC. The number of phenolic OH excluding ortho intramolecular Hbond substituents is 1. The first-order valence-corrected chi connectivity index (χ1v) is 27.1. The largest absolute Gasteiger partial charge is 0.508 e. The number of aromatic hydroxyl groups is 1. The third-order valence-electron chi connectivity index (χ3n) is 17.8. The highest BCUT2D eigenvalue weighted by atomic mass is 79.9. The van der Waals surface area contributed by atoms with Gasteiger partial charge in [0, 0.05) is 45.5 Å². The van der Waals surface area contributed by atoms with Gasteiger partial charge < -0.3 is 39.2 Å². The molecule has 12 nitrogen and oxygen atoms in total. The number of hydrogen-bond acceptors (Lipinski definition) is 10. The van der Waals surface area contributed by atoms with E-state index < -0.39 is 17.2 Å². The summed E-state index contributed by atoms with van der Waals surface area (Å²) in [7, 11) is 0. The Labute approximate surface area is 430 Å². The zero-order chi connectivity index (χ0) is 50.5. The van der Waals surface area contributed by atoms with Gasteiger partial charge in [-0.3, -0.25) is 4.79 Å². The fraction of sp³-hybridized carbons (Fsp3) is 0.492. The standard InChI is InChI=1S/C33H38N4O6.C20H24O2.C6H5Br/c1-3-22-23-16-21(43-32(40)36-14-10-20(11-15-36)35-12-6-5-7-13-35)8-9-27(23)34-29-24(22)18-37-28(29)17-26-25(30(37)38)19-42-31(39)33(26,41)4-2;1-3-20(22)11-9-18-17-6-4-13-12-14(21)5-7-15(13)16(17)8-10-19(18,20)2;7-6-4-2-1-3-5-6/h8-9,16-17,20,41H,3-7,10-15,18-19H2,1-2H3;1,5,7,12,16-18,21-22H,4,6,8-11H2,2H3;1-5H/t33-;16-,17-,18+,19+,20+;/m01./s1. The van der Waals surface area contributed by atoms with E-state index in [4.69, 9.17) is 20.9 Å². The number of aromatic nitrogens is 2. The van der Waals surface area contributed by atoms with E-state index in [1.165, 1.54) is 43.5 Å². The number of cyclic esters (lactones) is 1. The van der Waals surface area contributed by atoms with Crippen molar-refractivity contribution in [1.29, 1.82) is 0 Å². The predicted octanol–water partition coefficient (Wildman–Crippen LogP) is 10.2. The highest BCUT2D eigenvalue weighted by Crippen LogP contribution is 2.64. The smallest absolute Gasteiger partial charge is 0.415 e. The molecule has 13 heteroatoms. The summed E-state index contributed by atoms with van der Waals surface area (Å²) in [4.78, 5) is 48.5. The van der Waals surface area contributed by atoms with Gasteiger partial charge in [-0.25, -0.2) is 14.6 Å². The van der Waals surface area contributed by atoms with E-state index >= 15 is 0 Å². The maximum Gasteiger partial charge on any atom is 0.415 e. The van der Waals surface area contributed by atoms with Crippen molar-refractivity contribution in [2.75, 3.05) is 26.2 Å². The molecular formula is C59H67BrN4O8. The van der Waals surface area contributed by atoms with Crippen LogP contribution in [0.5, 0.6) is 11.5 Å². The summed E-state index contributed by atoms with van der Waals surface area (Å²) >= 11 is 3.31. The van der Waals surface area contributed by atoms with Gasteiger partial charge in [0.15, 0.2) is 5.60 Å². The molecule has 0 unspecified atom stereocenters. The lowest BCUT2D eigenvalue weighted by Crippen LogP contribution is -2.50.